The highest BCUT2D eigenvalue weighted by Crippen LogP contribution is 2.21. The summed E-state index contributed by atoms with van der Waals surface area (Å²) in [5.41, 5.74) is 4.06. The third kappa shape index (κ3) is 6.81. The van der Waals surface area contributed by atoms with Crippen molar-refractivity contribution < 1.29 is 14.5 Å². The first-order chi connectivity index (χ1) is 15.9. The minimum Gasteiger partial charge on any atom is -0.317 e. The summed E-state index contributed by atoms with van der Waals surface area (Å²) in [5, 5.41) is 18.9. The summed E-state index contributed by atoms with van der Waals surface area (Å²) in [6.07, 6.45) is 4.92. The fourth-order valence-corrected chi connectivity index (χ4v) is 3.45. The molecule has 0 aliphatic carbocycles. The van der Waals surface area contributed by atoms with Gasteiger partial charge in [0.25, 0.3) is 17.5 Å². The van der Waals surface area contributed by atoms with Gasteiger partial charge in [-0.1, -0.05) is 60.7 Å². The van der Waals surface area contributed by atoms with Gasteiger partial charge in [0.05, 0.1) is 20.9 Å². The molecule has 2 N–H and O–H groups in total. The second-order valence-electron chi connectivity index (χ2n) is 6.73. The summed E-state index contributed by atoms with van der Waals surface area (Å²) in [4.78, 5) is 36.2. The maximum absolute atomic E-state index is 12.8. The van der Waals surface area contributed by atoms with E-state index in [0.29, 0.717) is 16.2 Å². The Morgan fingerprint density at radius 2 is 1.73 bits per heavy atom. The lowest BCUT2D eigenvalue weighted by Gasteiger charge is -2.08. The van der Waals surface area contributed by atoms with Crippen LogP contribution in [0.1, 0.15) is 27.7 Å². The molecular formula is C24H20N4O4S. The summed E-state index contributed by atoms with van der Waals surface area (Å²) < 4.78 is 0. The largest absolute Gasteiger partial charge is 0.317 e. The highest BCUT2D eigenvalue weighted by Gasteiger charge is 2.15. The predicted octanol–water partition coefficient (Wildman–Crippen LogP) is 4.52. The molecule has 3 aromatic rings. The van der Waals surface area contributed by atoms with Crippen LogP contribution >= 0.6 is 11.3 Å². The molecule has 166 valence electrons. The standard InChI is InChI=1S/C24H20N4O4S/c1-17(22-15-20(16-33-22)28(31)32)26-27-24(30)21(14-8-11-18-9-4-2-5-10-18)25-23(29)19-12-6-3-7-13-19/h2-16H,1H3,(H,25,29)(H,27,30)/b11-8+,21-14-,26-17+. The number of hydrogen-bond acceptors (Lipinski definition) is 6. The van der Waals surface area contributed by atoms with E-state index in [9.17, 15) is 19.7 Å². The van der Waals surface area contributed by atoms with Crippen molar-refractivity contribution in [3.63, 3.8) is 0 Å². The molecule has 2 aromatic carbocycles. The van der Waals surface area contributed by atoms with Gasteiger partial charge in [0.15, 0.2) is 0 Å². The predicted molar refractivity (Wildman–Crippen MR) is 129 cm³/mol. The zero-order valence-corrected chi connectivity index (χ0v) is 18.4. The monoisotopic (exact) mass is 460 g/mol. The Morgan fingerprint density at radius 3 is 2.36 bits per heavy atom. The Hall–Kier alpha value is -4.37. The zero-order chi connectivity index (χ0) is 23.6. The van der Waals surface area contributed by atoms with Crippen LogP contribution in [0.25, 0.3) is 6.08 Å². The Kier molecular flexibility index (Phi) is 7.98. The van der Waals surface area contributed by atoms with Gasteiger partial charge in [-0.3, -0.25) is 19.7 Å². The van der Waals surface area contributed by atoms with Crippen LogP contribution in [0.2, 0.25) is 0 Å². The van der Waals surface area contributed by atoms with Gasteiger partial charge in [0, 0.05) is 11.6 Å². The number of benzene rings is 2. The summed E-state index contributed by atoms with van der Waals surface area (Å²) in [5.74, 6) is -1.08. The Balaban J connectivity index is 1.78. The minimum atomic E-state index is -0.637. The second-order valence-corrected chi connectivity index (χ2v) is 7.65. The van der Waals surface area contributed by atoms with Gasteiger partial charge in [-0.25, -0.2) is 5.43 Å². The summed E-state index contributed by atoms with van der Waals surface area (Å²) in [6, 6.07) is 19.4. The highest BCUT2D eigenvalue weighted by atomic mass is 32.1. The van der Waals surface area contributed by atoms with E-state index in [0.717, 1.165) is 16.9 Å². The summed E-state index contributed by atoms with van der Waals surface area (Å²) in [7, 11) is 0. The lowest BCUT2D eigenvalue weighted by Crippen LogP contribution is -2.33. The summed E-state index contributed by atoms with van der Waals surface area (Å²) in [6.45, 7) is 1.62. The molecule has 0 unspecified atom stereocenters. The smallest absolute Gasteiger partial charge is 0.287 e. The summed E-state index contributed by atoms with van der Waals surface area (Å²) >= 11 is 1.15. The van der Waals surface area contributed by atoms with Crippen LogP contribution in [0.3, 0.4) is 0 Å². The van der Waals surface area contributed by atoms with Crippen molar-refractivity contribution in [2.75, 3.05) is 0 Å². The molecule has 0 saturated carbocycles. The number of hydrazone groups is 1. The number of nitrogens with zero attached hydrogens (tertiary/aromatic N) is 2. The fraction of sp³-hybridized carbons (Fsp3) is 0.0417. The fourth-order valence-electron chi connectivity index (χ4n) is 2.64. The third-order valence-corrected chi connectivity index (χ3v) is 5.38. The van der Waals surface area contributed by atoms with Gasteiger partial charge >= 0.3 is 0 Å². The molecule has 2 amide bonds. The van der Waals surface area contributed by atoms with E-state index in [-0.39, 0.29) is 11.4 Å². The number of thiophene rings is 1. The zero-order valence-electron chi connectivity index (χ0n) is 17.6. The molecule has 3 rings (SSSR count). The first-order valence-electron chi connectivity index (χ1n) is 9.82. The minimum absolute atomic E-state index is 0.00950. The van der Waals surface area contributed by atoms with E-state index in [4.69, 9.17) is 0 Å². The molecule has 0 fully saturated rings. The van der Waals surface area contributed by atoms with Crippen LogP contribution in [0.5, 0.6) is 0 Å². The first-order valence-corrected chi connectivity index (χ1v) is 10.7. The normalized spacial score (nSPS) is 11.9. The molecule has 0 aliphatic rings. The molecule has 0 spiro atoms. The molecule has 1 heterocycles. The molecule has 0 atom stereocenters. The average molecular weight is 461 g/mol. The molecule has 8 nitrogen and oxygen atoms in total. The second kappa shape index (κ2) is 11.3. The topological polar surface area (TPSA) is 114 Å². The van der Waals surface area contributed by atoms with Crippen molar-refractivity contribution >= 4 is 40.6 Å². The number of rotatable bonds is 8. The molecule has 0 bridgehead atoms. The van der Waals surface area contributed by atoms with Crippen LogP contribution < -0.4 is 10.7 Å². The van der Waals surface area contributed by atoms with Crippen molar-refractivity contribution in [2.45, 2.75) is 6.92 Å². The molecular weight excluding hydrogens is 440 g/mol. The molecule has 9 heteroatoms. The van der Waals surface area contributed by atoms with Crippen molar-refractivity contribution in [3.05, 3.63) is 116 Å². The van der Waals surface area contributed by atoms with Gasteiger partial charge < -0.3 is 5.32 Å². The number of nitro groups is 1. The highest BCUT2D eigenvalue weighted by molar-refractivity contribution is 7.12. The number of carbonyl (C=O) groups excluding carboxylic acids is 2. The first kappa shape index (κ1) is 23.3. The van der Waals surface area contributed by atoms with E-state index in [1.165, 1.54) is 17.5 Å². The van der Waals surface area contributed by atoms with Crippen molar-refractivity contribution in [3.8, 4) is 0 Å². The van der Waals surface area contributed by atoms with E-state index < -0.39 is 16.7 Å². The van der Waals surface area contributed by atoms with Crippen molar-refractivity contribution in [1.82, 2.24) is 10.7 Å². The average Bonchev–Trinajstić information content (AvgIpc) is 3.34. The van der Waals surface area contributed by atoms with E-state index in [1.54, 1.807) is 49.4 Å². The SMILES string of the molecule is C/C(=N\NC(=O)/C(=C/C=C/c1ccccc1)NC(=O)c1ccccc1)c1cc([N+](=O)[O-])cs1. The number of nitrogens with one attached hydrogen (secondary N) is 2. The van der Waals surface area contributed by atoms with Gasteiger partial charge in [-0.05, 0) is 30.7 Å². The van der Waals surface area contributed by atoms with Crippen molar-refractivity contribution in [1.29, 1.82) is 0 Å². The van der Waals surface area contributed by atoms with Crippen LogP contribution in [0.15, 0.2) is 95.1 Å². The lowest BCUT2D eigenvalue weighted by atomic mass is 10.2. The molecule has 0 aliphatic heterocycles. The molecule has 1 aromatic heterocycles. The quantitative estimate of drug-likeness (QED) is 0.169. The number of amides is 2. The molecule has 0 radical (unpaired) electrons. The number of hydrogen-bond donors (Lipinski definition) is 2. The number of carbonyl (C=O) groups is 2. The van der Waals surface area contributed by atoms with Gasteiger partial charge in [0.1, 0.15) is 5.70 Å². The van der Waals surface area contributed by atoms with Gasteiger partial charge in [-0.15, -0.1) is 11.3 Å². The van der Waals surface area contributed by atoms with E-state index >= 15 is 0 Å². The van der Waals surface area contributed by atoms with Crippen LogP contribution in [-0.2, 0) is 4.79 Å². The van der Waals surface area contributed by atoms with Crippen LogP contribution in [-0.4, -0.2) is 22.4 Å². The Morgan fingerprint density at radius 1 is 1.06 bits per heavy atom. The van der Waals surface area contributed by atoms with Gasteiger partial charge in [-0.2, -0.15) is 5.10 Å². The Labute approximate surface area is 194 Å². The maximum atomic E-state index is 12.8. The molecule has 33 heavy (non-hydrogen) atoms. The van der Waals surface area contributed by atoms with E-state index in [1.807, 2.05) is 30.3 Å². The van der Waals surface area contributed by atoms with Crippen LogP contribution in [0.4, 0.5) is 5.69 Å². The maximum Gasteiger partial charge on any atom is 0.287 e. The van der Waals surface area contributed by atoms with Crippen molar-refractivity contribution in [2.24, 2.45) is 5.10 Å². The number of allylic oxidation sites excluding steroid dienone is 2. The molecule has 0 saturated heterocycles. The van der Waals surface area contributed by atoms with Crippen LogP contribution in [0, 0.1) is 10.1 Å². The Bertz CT molecular complexity index is 1230. The van der Waals surface area contributed by atoms with Gasteiger partial charge in [0.2, 0.25) is 0 Å². The van der Waals surface area contributed by atoms with E-state index in [2.05, 4.69) is 15.8 Å². The third-order valence-electron chi connectivity index (χ3n) is 4.36. The lowest BCUT2D eigenvalue weighted by molar-refractivity contribution is -0.384.